The lowest BCUT2D eigenvalue weighted by atomic mass is 9.58. The summed E-state index contributed by atoms with van der Waals surface area (Å²) in [6, 6.07) is 18.3. The van der Waals surface area contributed by atoms with Crippen LogP contribution in [0.3, 0.4) is 0 Å². The van der Waals surface area contributed by atoms with Crippen LogP contribution in [0.4, 0.5) is 5.69 Å². The van der Waals surface area contributed by atoms with E-state index in [2.05, 4.69) is 28.9 Å². The van der Waals surface area contributed by atoms with E-state index < -0.39 is 5.54 Å². The van der Waals surface area contributed by atoms with Gasteiger partial charge < -0.3 is 5.32 Å². The molecule has 3 atom stereocenters. The molecule has 0 aliphatic carbocycles. The SMILES string of the molecule is C=C1CN2CCC13C(=Nc1ccccc13)[C@]2(C)C(=O)NCc1ccccc1. The van der Waals surface area contributed by atoms with Crippen LogP contribution in [-0.2, 0) is 16.8 Å². The lowest BCUT2D eigenvalue weighted by Gasteiger charge is -2.57. The monoisotopic (exact) mass is 357 g/mol. The molecule has 4 aliphatic heterocycles. The number of carbonyl (C=O) groups is 1. The minimum absolute atomic E-state index is 0.0227. The van der Waals surface area contributed by atoms with E-state index in [4.69, 9.17) is 4.99 Å². The fourth-order valence-corrected chi connectivity index (χ4v) is 5.07. The molecule has 0 radical (unpaired) electrons. The number of piperidine rings is 3. The zero-order chi connectivity index (χ0) is 18.6. The molecule has 4 nitrogen and oxygen atoms in total. The summed E-state index contributed by atoms with van der Waals surface area (Å²) >= 11 is 0. The molecule has 2 bridgehead atoms. The molecule has 1 amide bonds. The third-order valence-electron chi connectivity index (χ3n) is 6.57. The molecule has 0 saturated carbocycles. The molecule has 4 heteroatoms. The van der Waals surface area contributed by atoms with Crippen molar-refractivity contribution < 1.29 is 4.79 Å². The van der Waals surface area contributed by atoms with Crippen molar-refractivity contribution in [3.05, 3.63) is 77.9 Å². The second-order valence-corrected chi connectivity index (χ2v) is 7.90. The van der Waals surface area contributed by atoms with Crippen molar-refractivity contribution in [3.8, 4) is 0 Å². The Morgan fingerprint density at radius 3 is 2.70 bits per heavy atom. The normalized spacial score (nSPS) is 30.5. The van der Waals surface area contributed by atoms with Gasteiger partial charge in [0, 0.05) is 19.6 Å². The van der Waals surface area contributed by atoms with Gasteiger partial charge in [0.15, 0.2) is 0 Å². The van der Waals surface area contributed by atoms with Gasteiger partial charge in [-0.25, -0.2) is 0 Å². The van der Waals surface area contributed by atoms with Crippen LogP contribution in [0.2, 0.25) is 0 Å². The van der Waals surface area contributed by atoms with Crippen molar-refractivity contribution >= 4 is 17.3 Å². The van der Waals surface area contributed by atoms with Crippen molar-refractivity contribution in [1.82, 2.24) is 10.2 Å². The molecular weight excluding hydrogens is 334 g/mol. The van der Waals surface area contributed by atoms with Crippen LogP contribution in [0.1, 0.15) is 24.5 Å². The average molecular weight is 357 g/mol. The highest BCUT2D eigenvalue weighted by atomic mass is 16.2. The summed E-state index contributed by atoms with van der Waals surface area (Å²) in [6.45, 7) is 8.56. The number of benzene rings is 2. The third-order valence-corrected chi connectivity index (χ3v) is 6.57. The van der Waals surface area contributed by atoms with Crippen molar-refractivity contribution in [1.29, 1.82) is 0 Å². The van der Waals surface area contributed by atoms with E-state index in [1.807, 2.05) is 49.4 Å². The maximum absolute atomic E-state index is 13.4. The Morgan fingerprint density at radius 1 is 1.19 bits per heavy atom. The van der Waals surface area contributed by atoms with Crippen LogP contribution in [0.25, 0.3) is 0 Å². The number of rotatable bonds is 3. The fourth-order valence-electron chi connectivity index (χ4n) is 5.07. The molecule has 3 saturated heterocycles. The van der Waals surface area contributed by atoms with Gasteiger partial charge in [0.2, 0.25) is 5.91 Å². The Kier molecular flexibility index (Phi) is 3.43. The topological polar surface area (TPSA) is 44.7 Å². The summed E-state index contributed by atoms with van der Waals surface area (Å²) in [5.74, 6) is 0.0227. The highest BCUT2D eigenvalue weighted by Crippen LogP contribution is 2.56. The molecule has 0 aromatic heterocycles. The maximum Gasteiger partial charge on any atom is 0.246 e. The number of hydrogen-bond acceptors (Lipinski definition) is 3. The predicted molar refractivity (Wildman–Crippen MR) is 107 cm³/mol. The second-order valence-electron chi connectivity index (χ2n) is 7.90. The molecule has 3 fully saturated rings. The minimum Gasteiger partial charge on any atom is -0.350 e. The largest absolute Gasteiger partial charge is 0.350 e. The Bertz CT molecular complexity index is 980. The Labute approximate surface area is 159 Å². The Morgan fingerprint density at radius 2 is 1.93 bits per heavy atom. The van der Waals surface area contributed by atoms with Gasteiger partial charge in [-0.05, 0) is 36.1 Å². The van der Waals surface area contributed by atoms with Gasteiger partial charge in [-0.1, -0.05) is 55.1 Å². The van der Waals surface area contributed by atoms with E-state index in [0.29, 0.717) is 6.54 Å². The number of aliphatic imine (C=N–C) groups is 1. The van der Waals surface area contributed by atoms with E-state index in [1.165, 1.54) is 5.56 Å². The lowest BCUT2D eigenvalue weighted by Crippen LogP contribution is -2.74. The summed E-state index contributed by atoms with van der Waals surface area (Å²) < 4.78 is 0. The standard InChI is InChI=1S/C23H23N3O/c1-16-15-26-13-12-23(16)18-10-6-7-11-19(18)25-20(23)22(26,2)21(27)24-14-17-8-4-3-5-9-17/h3-11H,1,12-15H2,2H3,(H,24,27)/t22-,23?/m1/s1. The molecule has 4 aliphatic rings. The van der Waals surface area contributed by atoms with Crippen molar-refractivity contribution in [2.45, 2.75) is 30.8 Å². The van der Waals surface area contributed by atoms with E-state index >= 15 is 0 Å². The summed E-state index contributed by atoms with van der Waals surface area (Å²) in [5.41, 5.74) is 4.37. The maximum atomic E-state index is 13.4. The molecular formula is C23H23N3O. The molecule has 4 heterocycles. The van der Waals surface area contributed by atoms with Gasteiger partial charge in [-0.3, -0.25) is 14.7 Å². The van der Waals surface area contributed by atoms with Crippen LogP contribution >= 0.6 is 0 Å². The third kappa shape index (κ3) is 2.07. The molecule has 136 valence electrons. The van der Waals surface area contributed by atoms with Gasteiger partial charge in [0.05, 0.1) is 16.8 Å². The molecule has 2 aromatic carbocycles. The van der Waals surface area contributed by atoms with Gasteiger partial charge in [0.1, 0.15) is 5.54 Å². The number of carbonyl (C=O) groups excluding carboxylic acids is 1. The van der Waals surface area contributed by atoms with Crippen LogP contribution in [0, 0.1) is 0 Å². The van der Waals surface area contributed by atoms with Crippen LogP contribution < -0.4 is 5.32 Å². The number of para-hydroxylation sites is 1. The Balaban J connectivity index is 1.53. The van der Waals surface area contributed by atoms with Crippen LogP contribution in [0.15, 0.2) is 71.7 Å². The van der Waals surface area contributed by atoms with Crippen LogP contribution in [-0.4, -0.2) is 35.1 Å². The molecule has 6 rings (SSSR count). The van der Waals surface area contributed by atoms with Gasteiger partial charge in [-0.15, -0.1) is 0 Å². The van der Waals surface area contributed by atoms with Gasteiger partial charge in [-0.2, -0.15) is 0 Å². The molecule has 2 unspecified atom stereocenters. The zero-order valence-corrected chi connectivity index (χ0v) is 15.5. The van der Waals surface area contributed by atoms with Gasteiger partial charge >= 0.3 is 0 Å². The highest BCUT2D eigenvalue weighted by Gasteiger charge is 2.64. The number of nitrogens with zero attached hydrogens (tertiary/aromatic N) is 2. The molecule has 2 aromatic rings. The van der Waals surface area contributed by atoms with Crippen molar-refractivity contribution in [3.63, 3.8) is 0 Å². The van der Waals surface area contributed by atoms with E-state index in [0.717, 1.165) is 42.0 Å². The molecule has 1 N–H and O–H groups in total. The summed E-state index contributed by atoms with van der Waals surface area (Å²) in [7, 11) is 0. The first-order valence-corrected chi connectivity index (χ1v) is 9.51. The molecule has 27 heavy (non-hydrogen) atoms. The first-order valence-electron chi connectivity index (χ1n) is 9.51. The van der Waals surface area contributed by atoms with Crippen molar-refractivity contribution in [2.75, 3.05) is 13.1 Å². The van der Waals surface area contributed by atoms with E-state index in [9.17, 15) is 4.79 Å². The quantitative estimate of drug-likeness (QED) is 0.856. The minimum atomic E-state index is -0.743. The zero-order valence-electron chi connectivity index (χ0n) is 15.5. The second kappa shape index (κ2) is 5.64. The fraction of sp³-hybridized carbons (Fsp3) is 0.304. The number of nitrogens with one attached hydrogen (secondary N) is 1. The number of fused-ring (bicyclic) bond motifs is 3. The first-order chi connectivity index (χ1) is 13.1. The van der Waals surface area contributed by atoms with Crippen molar-refractivity contribution in [2.24, 2.45) is 4.99 Å². The van der Waals surface area contributed by atoms with E-state index in [-0.39, 0.29) is 11.3 Å². The highest BCUT2D eigenvalue weighted by molar-refractivity contribution is 6.22. The first kappa shape index (κ1) is 16.5. The lowest BCUT2D eigenvalue weighted by molar-refractivity contribution is -0.130. The summed E-state index contributed by atoms with van der Waals surface area (Å²) in [5, 5.41) is 3.15. The number of hydrogen-bond donors (Lipinski definition) is 1. The van der Waals surface area contributed by atoms with E-state index in [1.54, 1.807) is 0 Å². The predicted octanol–water partition coefficient (Wildman–Crippen LogP) is 3.36. The average Bonchev–Trinajstić information content (AvgIpc) is 3.05. The smallest absolute Gasteiger partial charge is 0.246 e. The Hall–Kier alpha value is -2.72. The summed E-state index contributed by atoms with van der Waals surface area (Å²) in [4.78, 5) is 20.6. The number of amides is 1. The van der Waals surface area contributed by atoms with Gasteiger partial charge in [0.25, 0.3) is 0 Å². The summed E-state index contributed by atoms with van der Waals surface area (Å²) in [6.07, 6.45) is 0.948. The van der Waals surface area contributed by atoms with Crippen LogP contribution in [0.5, 0.6) is 0 Å². The molecule has 1 spiro atoms.